The van der Waals surface area contributed by atoms with Gasteiger partial charge in [-0.05, 0) is 75.0 Å². The van der Waals surface area contributed by atoms with Crippen LogP contribution < -0.4 is 10.5 Å². The van der Waals surface area contributed by atoms with Crippen LogP contribution in [0.4, 0.5) is 0 Å². The van der Waals surface area contributed by atoms with Crippen LogP contribution in [0.2, 0.25) is 0 Å². The second kappa shape index (κ2) is 8.74. The fourth-order valence-electron chi connectivity index (χ4n) is 3.17. The Balaban J connectivity index is 1.94. The summed E-state index contributed by atoms with van der Waals surface area (Å²) in [6.07, 6.45) is 8.67. The van der Waals surface area contributed by atoms with Crippen LogP contribution in [0.1, 0.15) is 31.5 Å². The highest BCUT2D eigenvalue weighted by molar-refractivity contribution is 6.11. The Labute approximate surface area is 162 Å². The van der Waals surface area contributed by atoms with Crippen molar-refractivity contribution >= 4 is 25.3 Å². The van der Waals surface area contributed by atoms with Gasteiger partial charge < -0.3 is 14.9 Å². The smallest absolute Gasteiger partial charge is 0.234 e. The van der Waals surface area contributed by atoms with Gasteiger partial charge in [0, 0.05) is 16.8 Å². The van der Waals surface area contributed by atoms with Crippen molar-refractivity contribution in [3.8, 4) is 5.75 Å². The molecule has 3 rings (SSSR count). The molecule has 2 aromatic rings. The third kappa shape index (κ3) is 4.31. The number of para-hydroxylation sites is 1. The molecule has 1 aliphatic rings. The van der Waals surface area contributed by atoms with E-state index in [2.05, 4.69) is 13.0 Å². The van der Waals surface area contributed by atoms with Crippen molar-refractivity contribution in [1.29, 1.82) is 0 Å². The number of nitrogens with zero attached hydrogens (tertiary/aromatic N) is 2. The zero-order chi connectivity index (χ0) is 19.2. The average molecular weight is 357 g/mol. The fraction of sp³-hybridized carbons (Fsp3) is 0.227. The van der Waals surface area contributed by atoms with Crippen LogP contribution in [-0.4, -0.2) is 31.3 Å². The molecular weight excluding hydrogens is 333 g/mol. The molecule has 0 amide bonds. The number of aliphatic imine (C=N–C) groups is 1. The summed E-state index contributed by atoms with van der Waals surface area (Å²) in [4.78, 5) is 4.83. The van der Waals surface area contributed by atoms with Gasteiger partial charge >= 0.3 is 0 Å². The van der Waals surface area contributed by atoms with Crippen LogP contribution in [0.3, 0.4) is 0 Å². The van der Waals surface area contributed by atoms with Crippen LogP contribution in [0.5, 0.6) is 5.75 Å². The largest absolute Gasteiger partial charge is 0.493 e. The van der Waals surface area contributed by atoms with Gasteiger partial charge in [-0.2, -0.15) is 0 Å². The van der Waals surface area contributed by atoms with Gasteiger partial charge in [0.05, 0.1) is 18.0 Å². The van der Waals surface area contributed by atoms with Crippen molar-refractivity contribution in [3.63, 3.8) is 0 Å². The van der Waals surface area contributed by atoms with Gasteiger partial charge in [0.2, 0.25) is 7.98 Å². The van der Waals surface area contributed by atoms with Crippen molar-refractivity contribution in [1.82, 2.24) is 4.48 Å². The minimum Gasteiger partial charge on any atom is -0.493 e. The first-order valence-corrected chi connectivity index (χ1v) is 9.17. The number of rotatable bonds is 7. The summed E-state index contributed by atoms with van der Waals surface area (Å²) in [7, 11) is 6.05. The molecular formula is C22H24BN3O. The molecule has 2 N–H and O–H groups in total. The summed E-state index contributed by atoms with van der Waals surface area (Å²) in [5.74, 6) is 0.871. The lowest BCUT2D eigenvalue weighted by molar-refractivity contribution is 0.339. The van der Waals surface area contributed by atoms with Crippen molar-refractivity contribution in [2.75, 3.05) is 13.2 Å². The predicted octanol–water partition coefficient (Wildman–Crippen LogP) is 3.99. The van der Waals surface area contributed by atoms with Crippen molar-refractivity contribution in [2.45, 2.75) is 20.3 Å². The minimum atomic E-state index is 0.541. The molecule has 0 aliphatic carbocycles. The maximum atomic E-state index is 6.05. The van der Waals surface area contributed by atoms with E-state index in [-0.39, 0.29) is 0 Å². The Morgan fingerprint density at radius 2 is 2.04 bits per heavy atom. The summed E-state index contributed by atoms with van der Waals surface area (Å²) < 4.78 is 7.30. The molecule has 0 bridgehead atoms. The molecule has 136 valence electrons. The van der Waals surface area contributed by atoms with Crippen LogP contribution in [0.25, 0.3) is 11.6 Å². The second-order valence-corrected chi connectivity index (χ2v) is 6.33. The molecule has 27 heavy (non-hydrogen) atoms. The van der Waals surface area contributed by atoms with E-state index in [1.54, 1.807) is 4.48 Å². The Bertz CT molecular complexity index is 935. The SMILES string of the molecule is [B]n1cccc1/C(CCN)=C1N=C(/C=C/c2ccccc2OCC)C=C\1C. The summed E-state index contributed by atoms with van der Waals surface area (Å²) >= 11 is 0. The summed E-state index contributed by atoms with van der Waals surface area (Å²) in [6, 6.07) is 11.9. The van der Waals surface area contributed by atoms with Gasteiger partial charge in [-0.15, -0.1) is 0 Å². The molecule has 0 spiro atoms. The van der Waals surface area contributed by atoms with Gasteiger partial charge in [-0.3, -0.25) is 0 Å². The van der Waals surface area contributed by atoms with Gasteiger partial charge in [-0.1, -0.05) is 18.2 Å². The standard InChI is InChI=1S/C22H24BN3O/c1-3-27-21-9-5-4-7-17(21)10-11-18-15-16(2)22(25-18)19(12-13-24)20-8-6-14-26(20)23/h4-11,14-15H,3,12-13,24H2,1-2H3/b11-10+,22-19-. The summed E-state index contributed by atoms with van der Waals surface area (Å²) in [5, 5.41) is 0. The Hall–Kier alpha value is -2.79. The molecule has 0 saturated heterocycles. The highest BCUT2D eigenvalue weighted by Gasteiger charge is 2.17. The third-order valence-corrected chi connectivity index (χ3v) is 4.40. The van der Waals surface area contributed by atoms with Gasteiger partial charge in [0.1, 0.15) is 5.75 Å². The van der Waals surface area contributed by atoms with E-state index in [0.29, 0.717) is 13.2 Å². The van der Waals surface area contributed by atoms with Crippen LogP contribution >= 0.6 is 0 Å². The summed E-state index contributed by atoms with van der Waals surface area (Å²) in [6.45, 7) is 5.23. The lowest BCUT2D eigenvalue weighted by atomic mass is 10.0. The van der Waals surface area contributed by atoms with E-state index in [0.717, 1.165) is 46.0 Å². The maximum absolute atomic E-state index is 6.05. The van der Waals surface area contributed by atoms with Crippen LogP contribution in [0, 0.1) is 0 Å². The zero-order valence-corrected chi connectivity index (χ0v) is 15.9. The molecule has 4 nitrogen and oxygen atoms in total. The van der Waals surface area contributed by atoms with Crippen molar-refractivity contribution in [2.24, 2.45) is 10.7 Å². The van der Waals surface area contributed by atoms with Gasteiger partial charge in [0.15, 0.2) is 0 Å². The third-order valence-electron chi connectivity index (χ3n) is 4.40. The number of nitrogens with two attached hydrogens (primary N) is 1. The normalized spacial score (nSPS) is 15.8. The predicted molar refractivity (Wildman–Crippen MR) is 114 cm³/mol. The summed E-state index contributed by atoms with van der Waals surface area (Å²) in [5.41, 5.74) is 11.8. The molecule has 5 heteroatoms. The Morgan fingerprint density at radius 3 is 2.74 bits per heavy atom. The molecule has 0 fully saturated rings. The van der Waals surface area contributed by atoms with E-state index < -0.39 is 0 Å². The van der Waals surface area contributed by atoms with E-state index in [9.17, 15) is 0 Å². The topological polar surface area (TPSA) is 52.5 Å². The van der Waals surface area contributed by atoms with Crippen LogP contribution in [-0.2, 0) is 0 Å². The first-order chi connectivity index (χ1) is 13.1. The monoisotopic (exact) mass is 357 g/mol. The zero-order valence-electron chi connectivity index (χ0n) is 15.9. The average Bonchev–Trinajstić information content (AvgIpc) is 3.25. The Morgan fingerprint density at radius 1 is 1.22 bits per heavy atom. The van der Waals surface area contributed by atoms with Gasteiger partial charge in [0.25, 0.3) is 0 Å². The molecule has 1 aromatic carbocycles. The van der Waals surface area contributed by atoms with E-state index in [4.69, 9.17) is 23.4 Å². The minimum absolute atomic E-state index is 0.541. The van der Waals surface area contributed by atoms with Crippen molar-refractivity contribution in [3.05, 3.63) is 77.3 Å². The molecule has 0 unspecified atom stereocenters. The number of allylic oxidation sites excluding steroid dienone is 3. The van der Waals surface area contributed by atoms with Crippen LogP contribution in [0.15, 0.2) is 71.0 Å². The first kappa shape index (κ1) is 19.0. The molecule has 0 saturated carbocycles. The number of aromatic nitrogens is 1. The second-order valence-electron chi connectivity index (χ2n) is 6.33. The molecule has 2 heterocycles. The van der Waals surface area contributed by atoms with Gasteiger partial charge in [-0.25, -0.2) is 4.99 Å². The van der Waals surface area contributed by atoms with E-state index in [1.807, 2.05) is 61.7 Å². The lowest BCUT2D eigenvalue weighted by Crippen LogP contribution is -2.05. The number of hydrogen-bond acceptors (Lipinski definition) is 3. The molecule has 1 aliphatic heterocycles. The van der Waals surface area contributed by atoms with Crippen molar-refractivity contribution < 1.29 is 4.74 Å². The number of hydrogen-bond donors (Lipinski definition) is 1. The molecule has 0 atom stereocenters. The van der Waals surface area contributed by atoms with E-state index in [1.165, 1.54) is 0 Å². The highest BCUT2D eigenvalue weighted by atomic mass is 16.5. The Kier molecular flexibility index (Phi) is 6.14. The first-order valence-electron chi connectivity index (χ1n) is 9.17. The number of benzene rings is 1. The lowest BCUT2D eigenvalue weighted by Gasteiger charge is -2.11. The highest BCUT2D eigenvalue weighted by Crippen LogP contribution is 2.31. The quantitative estimate of drug-likeness (QED) is 0.762. The fourth-order valence-corrected chi connectivity index (χ4v) is 3.17. The van der Waals surface area contributed by atoms with E-state index >= 15 is 0 Å². The number of ether oxygens (including phenoxy) is 1. The molecule has 2 radical (unpaired) electrons. The molecule has 1 aromatic heterocycles. The maximum Gasteiger partial charge on any atom is 0.234 e.